The molecule has 0 spiro atoms. The maximum Gasteiger partial charge on any atom is 0.329 e. The maximum atomic E-state index is 13.8. The molecule has 6 amide bonds. The number of carboxylic acids is 1. The molecule has 1 fully saturated rings. The van der Waals surface area contributed by atoms with Gasteiger partial charge in [0.05, 0.1) is 41.5 Å². The fraction of sp³-hybridized carbons (Fsp3) is 0.469. The van der Waals surface area contributed by atoms with E-state index in [9.17, 15) is 33.6 Å². The van der Waals surface area contributed by atoms with Crippen LogP contribution in [-0.4, -0.2) is 99.6 Å². The van der Waals surface area contributed by atoms with Crippen LogP contribution in [-0.2, 0) is 82.4 Å². The molecule has 1 aromatic heterocycles. The van der Waals surface area contributed by atoms with Gasteiger partial charge in [-0.1, -0.05) is 48.5 Å². The van der Waals surface area contributed by atoms with Crippen LogP contribution in [0.4, 0.5) is 5.69 Å². The number of benzene rings is 3. The minimum Gasteiger partial charge on any atom is -0.481 e. The van der Waals surface area contributed by atoms with Gasteiger partial charge in [0.15, 0.2) is 0 Å². The van der Waals surface area contributed by atoms with E-state index in [2.05, 4.69) is 16.0 Å². The summed E-state index contributed by atoms with van der Waals surface area (Å²) in [4.78, 5) is 99.1. The van der Waals surface area contributed by atoms with Crippen molar-refractivity contribution < 1.29 is 48.1 Å². The lowest BCUT2D eigenvalue weighted by Gasteiger charge is -2.30. The van der Waals surface area contributed by atoms with Crippen LogP contribution in [0.1, 0.15) is 92.7 Å². The standard InChI is InChI=1S/C47H58N8O9.C2H4O2/c1-28(35(17-20-40(49)56)51-45(60)39-25-33-9-3-8-32-15-16-34(48)46(61)55(39)43(32)33)64-26-31-12-10-29(11-13-31)6-4-22-50-42(58)27-63-23-5-7-30-14-18-36-38(24-30)53(2)47(62)54(36)37-19-21-41(57)52-44(37)59;1-2(3)4/h3,8-14,18,24,28,34-35,37,39H,4-7,15-17,19-23,25-27,48H2,1-2H3,(H2,49,56)(H,50,58)(H,51,60)(H,52,57,59);1H3,(H,3,4)/t28-,34+,35+,37?,39+;/m1./s1. The fourth-order valence-corrected chi connectivity index (χ4v) is 8.92. The van der Waals surface area contributed by atoms with Gasteiger partial charge in [0.2, 0.25) is 35.4 Å². The number of amides is 6. The third kappa shape index (κ3) is 12.8. The molecule has 4 aromatic rings. The van der Waals surface area contributed by atoms with Crippen LogP contribution in [0, 0.1) is 0 Å². The Hall–Kier alpha value is -6.70. The number of hydrogen-bond donors (Lipinski definition) is 6. The number of aryl methyl sites for hydroxylation is 4. The van der Waals surface area contributed by atoms with Crippen LogP contribution in [0.3, 0.4) is 0 Å². The van der Waals surface area contributed by atoms with E-state index in [4.69, 9.17) is 30.8 Å². The largest absolute Gasteiger partial charge is 0.481 e. The zero-order valence-corrected chi connectivity index (χ0v) is 38.8. The van der Waals surface area contributed by atoms with Crippen molar-refractivity contribution in [1.82, 2.24) is 25.1 Å². The van der Waals surface area contributed by atoms with Crippen molar-refractivity contribution in [2.24, 2.45) is 18.5 Å². The summed E-state index contributed by atoms with van der Waals surface area (Å²) in [7, 11) is 1.66. The highest BCUT2D eigenvalue weighted by Crippen LogP contribution is 2.39. The number of rotatable bonds is 20. The minimum atomic E-state index is -0.833. The number of nitrogens with one attached hydrogen (secondary N) is 3. The first-order valence-corrected chi connectivity index (χ1v) is 23.1. The zero-order chi connectivity index (χ0) is 49.1. The number of ether oxygens (including phenoxy) is 2. The summed E-state index contributed by atoms with van der Waals surface area (Å²) in [6, 6.07) is 16.8. The number of para-hydroxylation sites is 1. The summed E-state index contributed by atoms with van der Waals surface area (Å²) in [5, 5.41) is 15.7. The maximum absolute atomic E-state index is 13.8. The zero-order valence-electron chi connectivity index (χ0n) is 38.8. The van der Waals surface area contributed by atoms with E-state index >= 15 is 0 Å². The fourth-order valence-electron chi connectivity index (χ4n) is 8.92. The molecule has 3 aromatic carbocycles. The summed E-state index contributed by atoms with van der Waals surface area (Å²) in [5.41, 5.74) is 18.5. The molecule has 0 bridgehead atoms. The Morgan fingerprint density at radius 2 is 1.60 bits per heavy atom. The molecule has 7 rings (SSSR count). The number of aliphatic carboxylic acids is 1. The van der Waals surface area contributed by atoms with Crippen molar-refractivity contribution >= 4 is 58.1 Å². The molecule has 0 saturated carbocycles. The highest BCUT2D eigenvalue weighted by atomic mass is 16.5. The SMILES string of the molecule is CC(=O)O.C[C@@H](OCc1ccc(CCCNC(=O)COCCCc2ccc3c(c2)n(C)c(=O)n3C2CCC(=O)NC2=O)cc1)[C@H](CCC(N)=O)NC(=O)[C@@H]1Cc2cccc3c2N1C(=O)[C@@H](N)CC3. The highest BCUT2D eigenvalue weighted by Gasteiger charge is 2.43. The van der Waals surface area contributed by atoms with E-state index in [1.165, 1.54) is 9.13 Å². The molecule has 5 atom stereocenters. The Bertz CT molecular complexity index is 2570. The molecule has 0 radical (unpaired) electrons. The second-order valence-electron chi connectivity index (χ2n) is 17.6. The van der Waals surface area contributed by atoms with Crippen molar-refractivity contribution in [3.8, 4) is 0 Å². The number of primary amides is 1. The van der Waals surface area contributed by atoms with Gasteiger partial charge >= 0.3 is 5.69 Å². The number of carbonyl (C=O) groups is 7. The molecule has 8 N–H and O–H groups in total. The predicted molar refractivity (Wildman–Crippen MR) is 251 cm³/mol. The molecule has 1 unspecified atom stereocenters. The number of imidazole rings is 1. The minimum absolute atomic E-state index is 0.0506. The van der Waals surface area contributed by atoms with Gasteiger partial charge in [0.1, 0.15) is 18.7 Å². The number of carbonyl (C=O) groups excluding carboxylic acids is 6. The number of piperidine rings is 1. The number of nitrogens with zero attached hydrogens (tertiary/aromatic N) is 3. The molecule has 364 valence electrons. The van der Waals surface area contributed by atoms with E-state index in [1.807, 2.05) is 67.6 Å². The number of imide groups is 1. The first-order chi connectivity index (χ1) is 32.5. The van der Waals surface area contributed by atoms with Gasteiger partial charge < -0.3 is 36.7 Å². The highest BCUT2D eigenvalue weighted by molar-refractivity contribution is 6.07. The number of hydrogen-bond acceptors (Lipinski definition) is 11. The summed E-state index contributed by atoms with van der Waals surface area (Å²) in [6.07, 6.45) is 4.69. The average Bonchev–Trinajstić information content (AvgIpc) is 3.77. The molecule has 4 heterocycles. The smallest absolute Gasteiger partial charge is 0.329 e. The van der Waals surface area contributed by atoms with Crippen LogP contribution >= 0.6 is 0 Å². The predicted octanol–water partition coefficient (Wildman–Crippen LogP) is 1.99. The third-order valence-corrected chi connectivity index (χ3v) is 12.5. The van der Waals surface area contributed by atoms with Gasteiger partial charge in [-0.15, -0.1) is 0 Å². The molecule has 3 aliphatic rings. The second-order valence-corrected chi connectivity index (χ2v) is 17.6. The summed E-state index contributed by atoms with van der Waals surface area (Å²) in [5.74, 6) is -2.91. The molecule has 19 nitrogen and oxygen atoms in total. The van der Waals surface area contributed by atoms with Gasteiger partial charge in [-0.25, -0.2) is 4.79 Å². The lowest BCUT2D eigenvalue weighted by atomic mass is 10.0. The summed E-state index contributed by atoms with van der Waals surface area (Å²) < 4.78 is 14.8. The number of aromatic nitrogens is 2. The van der Waals surface area contributed by atoms with Crippen LogP contribution in [0.15, 0.2) is 65.5 Å². The molecule has 19 heteroatoms. The van der Waals surface area contributed by atoms with Gasteiger partial charge in [0, 0.05) is 46.4 Å². The quantitative estimate of drug-likeness (QED) is 0.0549. The normalized spacial score (nSPS) is 18.4. The van der Waals surface area contributed by atoms with Crippen LogP contribution in [0.2, 0.25) is 0 Å². The van der Waals surface area contributed by atoms with Gasteiger partial charge in [0.25, 0.3) is 5.97 Å². The van der Waals surface area contributed by atoms with E-state index in [0.717, 1.165) is 53.3 Å². The number of anilines is 1. The number of nitrogens with two attached hydrogens (primary N) is 2. The Labute approximate surface area is 393 Å². The molecular formula is C49H62N8O11. The lowest BCUT2D eigenvalue weighted by molar-refractivity contribution is -0.136. The van der Waals surface area contributed by atoms with E-state index in [1.54, 1.807) is 11.9 Å². The van der Waals surface area contributed by atoms with Crippen molar-refractivity contribution in [1.29, 1.82) is 0 Å². The van der Waals surface area contributed by atoms with Gasteiger partial charge in [-0.3, -0.25) is 52.9 Å². The van der Waals surface area contributed by atoms with Gasteiger partial charge in [-0.2, -0.15) is 0 Å². The van der Waals surface area contributed by atoms with Crippen LogP contribution in [0.25, 0.3) is 11.0 Å². The Kier molecular flexibility index (Phi) is 17.4. The molecule has 1 saturated heterocycles. The van der Waals surface area contributed by atoms with E-state index in [-0.39, 0.29) is 68.2 Å². The summed E-state index contributed by atoms with van der Waals surface area (Å²) >= 11 is 0. The second kappa shape index (κ2) is 23.3. The van der Waals surface area contributed by atoms with Crippen molar-refractivity contribution in [3.05, 3.63) is 99.0 Å². The third-order valence-electron chi connectivity index (χ3n) is 12.5. The van der Waals surface area contributed by atoms with E-state index in [0.29, 0.717) is 56.3 Å². The molecule has 68 heavy (non-hydrogen) atoms. The van der Waals surface area contributed by atoms with Crippen LogP contribution in [0.5, 0.6) is 0 Å². The van der Waals surface area contributed by atoms with Crippen molar-refractivity contribution in [2.45, 2.75) is 121 Å². The monoisotopic (exact) mass is 938 g/mol. The Morgan fingerprint density at radius 3 is 2.32 bits per heavy atom. The number of fused-ring (bicyclic) bond motifs is 1. The van der Waals surface area contributed by atoms with E-state index < -0.39 is 48.1 Å². The summed E-state index contributed by atoms with van der Waals surface area (Å²) in [6.45, 7) is 4.02. The number of carboxylic acid groups (broad SMARTS) is 1. The van der Waals surface area contributed by atoms with Crippen molar-refractivity contribution in [3.63, 3.8) is 0 Å². The van der Waals surface area contributed by atoms with Crippen molar-refractivity contribution in [2.75, 3.05) is 24.7 Å². The first-order valence-electron chi connectivity index (χ1n) is 23.1. The topological polar surface area (TPSA) is 276 Å². The molecular weight excluding hydrogens is 877 g/mol. The first kappa shape index (κ1) is 50.7. The van der Waals surface area contributed by atoms with Gasteiger partial charge in [-0.05, 0) is 98.2 Å². The molecule has 3 aliphatic heterocycles. The van der Waals surface area contributed by atoms with Crippen LogP contribution < -0.4 is 38.0 Å². The lowest BCUT2D eigenvalue weighted by Crippen LogP contribution is -2.55. The Morgan fingerprint density at radius 1 is 0.912 bits per heavy atom. The molecule has 0 aliphatic carbocycles. The Balaban J connectivity index is 0.00000183. The average molecular weight is 939 g/mol.